The lowest BCUT2D eigenvalue weighted by Crippen LogP contribution is -2.30. The molecule has 3 heteroatoms. The fourth-order valence-electron chi connectivity index (χ4n) is 5.87. The van der Waals surface area contributed by atoms with Crippen LogP contribution >= 0.6 is 0 Å². The van der Waals surface area contributed by atoms with Crippen molar-refractivity contribution in [3.8, 4) is 5.75 Å². The van der Waals surface area contributed by atoms with Gasteiger partial charge in [-0.15, -0.1) is 0 Å². The third-order valence-corrected chi connectivity index (χ3v) is 7.53. The fraction of sp³-hybridized carbons (Fsp3) is 0.556. The molecule has 0 amide bonds. The summed E-state index contributed by atoms with van der Waals surface area (Å²) in [5.74, 6) is 1.30. The summed E-state index contributed by atoms with van der Waals surface area (Å²) in [5.41, 5.74) is 1.16. The van der Waals surface area contributed by atoms with E-state index in [2.05, 4.69) is 19.6 Å². The Morgan fingerprint density at radius 2 is 1.83 bits per heavy atom. The molecule has 2 aromatic rings. The zero-order valence-corrected chi connectivity index (χ0v) is 18.1. The highest BCUT2D eigenvalue weighted by Gasteiger charge is 2.35. The molecule has 2 aliphatic rings. The van der Waals surface area contributed by atoms with Gasteiger partial charge in [-0.05, 0) is 78.9 Å². The molecular weight excluding hydrogens is 378 g/mol. The standard InChI is InChI=1S/C27H34F2O/c1-3-5-6-18-7-8-20-15-21(10-9-19(20)14-18)22-11-12-23-17-25(30-13-4-2)27(29)26(28)24(23)16-22/h4,11-12,16-21H,2-3,5-10,13-15H2,1H3. The van der Waals surface area contributed by atoms with E-state index in [1.54, 1.807) is 6.07 Å². The smallest absolute Gasteiger partial charge is 0.201 e. The van der Waals surface area contributed by atoms with Crippen LogP contribution in [-0.4, -0.2) is 6.61 Å². The summed E-state index contributed by atoms with van der Waals surface area (Å²) in [6.07, 6.45) is 13.4. The second kappa shape index (κ2) is 9.49. The van der Waals surface area contributed by atoms with Crippen LogP contribution in [0.2, 0.25) is 0 Å². The predicted octanol–water partition coefficient (Wildman–Crippen LogP) is 8.17. The minimum absolute atomic E-state index is 0.0482. The second-order valence-electron chi connectivity index (χ2n) is 9.43. The molecule has 4 unspecified atom stereocenters. The molecule has 2 aliphatic carbocycles. The number of ether oxygens (including phenoxy) is 1. The van der Waals surface area contributed by atoms with E-state index < -0.39 is 11.6 Å². The number of fused-ring (bicyclic) bond motifs is 2. The molecule has 0 bridgehead atoms. The molecule has 0 radical (unpaired) electrons. The normalized spacial score (nSPS) is 26.4. The summed E-state index contributed by atoms with van der Waals surface area (Å²) in [6, 6.07) is 7.49. The average molecular weight is 413 g/mol. The molecule has 0 aromatic heterocycles. The van der Waals surface area contributed by atoms with Crippen molar-refractivity contribution in [2.45, 2.75) is 70.6 Å². The Labute approximate surface area is 179 Å². The molecule has 1 nitrogen and oxygen atoms in total. The molecule has 2 saturated carbocycles. The number of rotatable bonds is 7. The Balaban J connectivity index is 1.49. The minimum atomic E-state index is -0.907. The van der Waals surface area contributed by atoms with E-state index in [1.807, 2.05) is 12.1 Å². The summed E-state index contributed by atoms with van der Waals surface area (Å²) in [7, 11) is 0. The largest absolute Gasteiger partial charge is 0.486 e. The average Bonchev–Trinajstić information content (AvgIpc) is 2.78. The lowest BCUT2D eigenvalue weighted by molar-refractivity contribution is 0.113. The van der Waals surface area contributed by atoms with Crippen molar-refractivity contribution >= 4 is 10.8 Å². The number of benzene rings is 2. The van der Waals surface area contributed by atoms with Gasteiger partial charge >= 0.3 is 0 Å². The van der Waals surface area contributed by atoms with E-state index >= 15 is 0 Å². The van der Waals surface area contributed by atoms with Gasteiger partial charge in [-0.2, -0.15) is 4.39 Å². The molecule has 30 heavy (non-hydrogen) atoms. The fourth-order valence-corrected chi connectivity index (χ4v) is 5.87. The summed E-state index contributed by atoms with van der Waals surface area (Å²) >= 11 is 0. The lowest BCUT2D eigenvalue weighted by Gasteiger charge is -2.42. The van der Waals surface area contributed by atoms with Crippen LogP contribution < -0.4 is 4.74 Å². The highest BCUT2D eigenvalue weighted by atomic mass is 19.2. The summed E-state index contributed by atoms with van der Waals surface area (Å²) in [4.78, 5) is 0. The second-order valence-corrected chi connectivity index (χ2v) is 9.43. The van der Waals surface area contributed by atoms with Crippen molar-refractivity contribution in [2.75, 3.05) is 6.61 Å². The van der Waals surface area contributed by atoms with Gasteiger partial charge in [-0.3, -0.25) is 0 Å². The van der Waals surface area contributed by atoms with Gasteiger partial charge in [0.2, 0.25) is 5.82 Å². The first-order chi connectivity index (χ1) is 14.6. The van der Waals surface area contributed by atoms with E-state index in [0.717, 1.165) is 29.7 Å². The first-order valence-corrected chi connectivity index (χ1v) is 11.8. The highest BCUT2D eigenvalue weighted by Crippen LogP contribution is 2.48. The number of unbranched alkanes of at least 4 members (excludes halogenated alkanes) is 1. The van der Waals surface area contributed by atoms with Gasteiger partial charge in [0.05, 0.1) is 0 Å². The van der Waals surface area contributed by atoms with Gasteiger partial charge in [0.15, 0.2) is 11.6 Å². The van der Waals surface area contributed by atoms with Crippen molar-refractivity contribution in [1.82, 2.24) is 0 Å². The molecular formula is C27H34F2O. The van der Waals surface area contributed by atoms with Crippen LogP contribution in [0.3, 0.4) is 0 Å². The van der Waals surface area contributed by atoms with Gasteiger partial charge in [0, 0.05) is 5.39 Å². The highest BCUT2D eigenvalue weighted by molar-refractivity contribution is 5.85. The molecule has 0 aliphatic heterocycles. The SMILES string of the molecule is C=CCOc1cc2ccc(C3CCC4CC(CCCC)CCC4C3)cc2c(F)c1F. The molecule has 0 heterocycles. The van der Waals surface area contributed by atoms with E-state index in [0.29, 0.717) is 16.7 Å². The quantitative estimate of drug-likeness (QED) is 0.417. The van der Waals surface area contributed by atoms with Crippen molar-refractivity contribution in [3.63, 3.8) is 0 Å². The van der Waals surface area contributed by atoms with Crippen molar-refractivity contribution in [2.24, 2.45) is 17.8 Å². The van der Waals surface area contributed by atoms with Crippen LogP contribution in [0.15, 0.2) is 36.9 Å². The summed E-state index contributed by atoms with van der Waals surface area (Å²) in [6.45, 7) is 6.00. The molecule has 2 fully saturated rings. The van der Waals surface area contributed by atoms with Crippen LogP contribution in [0.5, 0.6) is 5.75 Å². The first-order valence-electron chi connectivity index (χ1n) is 11.8. The molecule has 0 spiro atoms. The Hall–Kier alpha value is -1.90. The van der Waals surface area contributed by atoms with Crippen LogP contribution in [0, 0.1) is 29.4 Å². The zero-order valence-electron chi connectivity index (χ0n) is 18.1. The monoisotopic (exact) mass is 412 g/mol. The van der Waals surface area contributed by atoms with Crippen molar-refractivity contribution < 1.29 is 13.5 Å². The maximum atomic E-state index is 14.8. The van der Waals surface area contributed by atoms with Crippen molar-refractivity contribution in [1.29, 1.82) is 0 Å². The molecule has 2 aromatic carbocycles. The van der Waals surface area contributed by atoms with Crippen LogP contribution in [-0.2, 0) is 0 Å². The van der Waals surface area contributed by atoms with Gasteiger partial charge in [0.25, 0.3) is 0 Å². The van der Waals surface area contributed by atoms with E-state index in [1.165, 1.54) is 57.4 Å². The third-order valence-electron chi connectivity index (χ3n) is 7.53. The maximum absolute atomic E-state index is 14.8. The van der Waals surface area contributed by atoms with E-state index in [9.17, 15) is 8.78 Å². The topological polar surface area (TPSA) is 9.23 Å². The van der Waals surface area contributed by atoms with Gasteiger partial charge in [-0.25, -0.2) is 4.39 Å². The van der Waals surface area contributed by atoms with Crippen molar-refractivity contribution in [3.05, 3.63) is 54.1 Å². The van der Waals surface area contributed by atoms with Crippen LogP contribution in [0.1, 0.15) is 76.2 Å². The van der Waals surface area contributed by atoms with Gasteiger partial charge < -0.3 is 4.74 Å². The van der Waals surface area contributed by atoms with Gasteiger partial charge in [-0.1, -0.05) is 57.4 Å². The number of hydrogen-bond acceptors (Lipinski definition) is 1. The van der Waals surface area contributed by atoms with E-state index in [-0.39, 0.29) is 12.4 Å². The summed E-state index contributed by atoms with van der Waals surface area (Å²) in [5, 5.41) is 1.04. The Bertz CT molecular complexity index is 890. The first kappa shape index (κ1) is 21.3. The lowest BCUT2D eigenvalue weighted by atomic mass is 9.63. The Morgan fingerprint density at radius 3 is 2.63 bits per heavy atom. The molecule has 162 valence electrons. The van der Waals surface area contributed by atoms with Crippen LogP contribution in [0.25, 0.3) is 10.8 Å². The number of halogens is 2. The molecule has 0 saturated heterocycles. The predicted molar refractivity (Wildman–Crippen MR) is 120 cm³/mol. The molecule has 0 N–H and O–H groups in total. The Morgan fingerprint density at radius 1 is 1.03 bits per heavy atom. The third kappa shape index (κ3) is 4.40. The molecule has 4 rings (SSSR count). The zero-order chi connectivity index (χ0) is 21.1. The Kier molecular flexibility index (Phi) is 6.75. The van der Waals surface area contributed by atoms with Crippen LogP contribution in [0.4, 0.5) is 8.78 Å². The minimum Gasteiger partial charge on any atom is -0.486 e. The molecule has 4 atom stereocenters. The number of hydrogen-bond donors (Lipinski definition) is 0. The van der Waals surface area contributed by atoms with Gasteiger partial charge in [0.1, 0.15) is 6.61 Å². The maximum Gasteiger partial charge on any atom is 0.201 e. The van der Waals surface area contributed by atoms with E-state index in [4.69, 9.17) is 4.74 Å². The summed E-state index contributed by atoms with van der Waals surface area (Å²) < 4.78 is 34.5.